The fourth-order valence-electron chi connectivity index (χ4n) is 3.59. The Morgan fingerprint density at radius 3 is 2.56 bits per heavy atom. The molecule has 0 atom stereocenters. The maximum atomic E-state index is 12.4. The number of hydrogen-bond acceptors (Lipinski definition) is 5. The van der Waals surface area contributed by atoms with Crippen LogP contribution in [-0.2, 0) is 9.53 Å². The summed E-state index contributed by atoms with van der Waals surface area (Å²) in [6.07, 6.45) is 7.96. The first-order valence-electron chi connectivity index (χ1n) is 9.62. The second-order valence-corrected chi connectivity index (χ2v) is 7.10. The predicted molar refractivity (Wildman–Crippen MR) is 102 cm³/mol. The summed E-state index contributed by atoms with van der Waals surface area (Å²) in [5.41, 5.74) is 1.26. The lowest BCUT2D eigenvalue weighted by Gasteiger charge is -2.20. The Balaban J connectivity index is 1.57. The van der Waals surface area contributed by atoms with E-state index in [4.69, 9.17) is 13.9 Å². The Morgan fingerprint density at radius 2 is 1.85 bits per heavy atom. The number of benzene rings is 1. The molecule has 0 bridgehead atoms. The van der Waals surface area contributed by atoms with Crippen LogP contribution >= 0.6 is 0 Å². The first kappa shape index (κ1) is 19.3. The predicted octanol–water partition coefficient (Wildman–Crippen LogP) is 4.14. The third kappa shape index (κ3) is 4.81. The molecule has 1 fully saturated rings. The molecule has 0 radical (unpaired) electrons. The molecule has 1 aromatic carbocycles. The van der Waals surface area contributed by atoms with Gasteiger partial charge in [0.05, 0.1) is 7.11 Å². The molecule has 27 heavy (non-hydrogen) atoms. The lowest BCUT2D eigenvalue weighted by Crippen LogP contribution is -2.38. The molecule has 3 rings (SSSR count). The Kier molecular flexibility index (Phi) is 6.37. The van der Waals surface area contributed by atoms with Gasteiger partial charge in [-0.3, -0.25) is 4.79 Å². The zero-order valence-electron chi connectivity index (χ0n) is 16.0. The zero-order chi connectivity index (χ0) is 19.2. The van der Waals surface area contributed by atoms with Crippen LogP contribution in [-0.4, -0.2) is 31.6 Å². The highest BCUT2D eigenvalue weighted by atomic mass is 16.5. The minimum Gasteiger partial charge on any atom is -0.497 e. The van der Waals surface area contributed by atoms with Crippen LogP contribution in [0.25, 0.3) is 11.0 Å². The van der Waals surface area contributed by atoms with Gasteiger partial charge >= 0.3 is 5.97 Å². The molecule has 1 aromatic heterocycles. The number of hydrogen-bond donors (Lipinski definition) is 1. The summed E-state index contributed by atoms with van der Waals surface area (Å²) in [7, 11) is 1.58. The van der Waals surface area contributed by atoms with Crippen molar-refractivity contribution in [1.29, 1.82) is 0 Å². The first-order chi connectivity index (χ1) is 13.1. The molecule has 1 saturated carbocycles. The number of rotatable bonds is 5. The minimum absolute atomic E-state index is 0.122. The fourth-order valence-corrected chi connectivity index (χ4v) is 3.59. The maximum Gasteiger partial charge on any atom is 0.375 e. The van der Waals surface area contributed by atoms with E-state index in [1.54, 1.807) is 26.2 Å². The highest BCUT2D eigenvalue weighted by Crippen LogP contribution is 2.29. The first-order valence-corrected chi connectivity index (χ1v) is 9.62. The van der Waals surface area contributed by atoms with Gasteiger partial charge in [-0.15, -0.1) is 0 Å². The van der Waals surface area contributed by atoms with Crippen LogP contribution in [0.3, 0.4) is 0 Å². The van der Waals surface area contributed by atoms with Gasteiger partial charge in [-0.2, -0.15) is 0 Å². The van der Waals surface area contributed by atoms with Crippen molar-refractivity contribution in [3.63, 3.8) is 0 Å². The number of fused-ring (bicyclic) bond motifs is 1. The molecule has 2 aromatic rings. The largest absolute Gasteiger partial charge is 0.497 e. The fraction of sp³-hybridized carbons (Fsp3) is 0.524. The average molecular weight is 373 g/mol. The SMILES string of the molecule is COc1ccc2oc(C(=O)OCC(=O)NC3CCCCCCC3)c(C)c2c1. The van der Waals surface area contributed by atoms with Crippen molar-refractivity contribution in [3.05, 3.63) is 29.5 Å². The summed E-state index contributed by atoms with van der Waals surface area (Å²) in [6.45, 7) is 1.49. The zero-order valence-corrected chi connectivity index (χ0v) is 16.0. The summed E-state index contributed by atoms with van der Waals surface area (Å²) < 4.78 is 16.0. The molecule has 0 aliphatic heterocycles. The van der Waals surface area contributed by atoms with Crippen molar-refractivity contribution in [2.75, 3.05) is 13.7 Å². The average Bonchev–Trinajstić information content (AvgIpc) is 2.98. The number of nitrogens with one attached hydrogen (secondary N) is 1. The van der Waals surface area contributed by atoms with Gasteiger partial charge in [0.15, 0.2) is 6.61 Å². The van der Waals surface area contributed by atoms with Gasteiger partial charge in [0.2, 0.25) is 5.76 Å². The molecule has 0 spiro atoms. The molecule has 146 valence electrons. The van der Waals surface area contributed by atoms with Gasteiger partial charge in [0.25, 0.3) is 5.91 Å². The smallest absolute Gasteiger partial charge is 0.375 e. The second kappa shape index (κ2) is 8.93. The third-order valence-corrected chi connectivity index (χ3v) is 5.13. The number of aryl methyl sites for hydroxylation is 1. The lowest BCUT2D eigenvalue weighted by molar-refractivity contribution is -0.125. The molecule has 6 nitrogen and oxygen atoms in total. The maximum absolute atomic E-state index is 12.4. The van der Waals surface area contributed by atoms with Crippen molar-refractivity contribution in [2.45, 2.75) is 57.9 Å². The minimum atomic E-state index is -0.629. The molecule has 6 heteroatoms. The molecule has 1 aliphatic rings. The van der Waals surface area contributed by atoms with Crippen molar-refractivity contribution < 1.29 is 23.5 Å². The standard InChI is InChI=1S/C21H27NO5/c1-14-17-12-16(25-2)10-11-18(17)27-20(14)21(24)26-13-19(23)22-15-8-6-4-3-5-7-9-15/h10-12,15H,3-9,13H2,1-2H3,(H,22,23). The van der Waals surface area contributed by atoms with Crippen molar-refractivity contribution in [1.82, 2.24) is 5.32 Å². The van der Waals surface area contributed by atoms with Crippen LogP contribution in [0.4, 0.5) is 0 Å². The van der Waals surface area contributed by atoms with E-state index in [-0.39, 0.29) is 24.3 Å². The molecule has 1 heterocycles. The van der Waals surface area contributed by atoms with E-state index < -0.39 is 5.97 Å². The summed E-state index contributed by atoms with van der Waals surface area (Å²) in [5, 5.41) is 3.78. The molecule has 0 unspecified atom stereocenters. The Morgan fingerprint density at radius 1 is 1.15 bits per heavy atom. The Hall–Kier alpha value is -2.50. The number of carbonyl (C=O) groups excluding carboxylic acids is 2. The molecule has 1 amide bonds. The van der Waals surface area contributed by atoms with E-state index in [9.17, 15) is 9.59 Å². The number of esters is 1. The third-order valence-electron chi connectivity index (χ3n) is 5.13. The van der Waals surface area contributed by atoms with Crippen molar-refractivity contribution in [2.24, 2.45) is 0 Å². The molecule has 0 saturated heterocycles. The van der Waals surface area contributed by atoms with E-state index in [1.165, 1.54) is 19.3 Å². The molecular weight excluding hydrogens is 346 g/mol. The van der Waals surface area contributed by atoms with E-state index in [2.05, 4.69) is 5.32 Å². The Bertz CT molecular complexity index is 802. The quantitative estimate of drug-likeness (QED) is 0.797. The van der Waals surface area contributed by atoms with Crippen molar-refractivity contribution >= 4 is 22.8 Å². The molecular formula is C21H27NO5. The van der Waals surface area contributed by atoms with Gasteiger partial charge in [-0.05, 0) is 38.0 Å². The number of carbonyl (C=O) groups is 2. The highest BCUT2D eigenvalue weighted by Gasteiger charge is 2.21. The summed E-state index contributed by atoms with van der Waals surface area (Å²) in [4.78, 5) is 24.5. The van der Waals surface area contributed by atoms with Crippen LogP contribution in [0, 0.1) is 6.92 Å². The second-order valence-electron chi connectivity index (χ2n) is 7.10. The summed E-state index contributed by atoms with van der Waals surface area (Å²) >= 11 is 0. The number of amides is 1. The van der Waals surface area contributed by atoms with Gasteiger partial charge in [0, 0.05) is 17.0 Å². The Labute approximate surface area is 159 Å². The van der Waals surface area contributed by atoms with E-state index in [1.807, 2.05) is 6.07 Å². The van der Waals surface area contributed by atoms with Crippen molar-refractivity contribution in [3.8, 4) is 5.75 Å². The number of methoxy groups -OCH3 is 1. The van der Waals surface area contributed by atoms with Crippen LogP contribution in [0.1, 0.15) is 61.1 Å². The van der Waals surface area contributed by atoms with Gasteiger partial charge in [0.1, 0.15) is 11.3 Å². The lowest BCUT2D eigenvalue weighted by atomic mass is 9.97. The normalized spacial score (nSPS) is 15.8. The van der Waals surface area contributed by atoms with Gasteiger partial charge in [-0.25, -0.2) is 4.79 Å². The molecule has 1 N–H and O–H groups in total. The van der Waals surface area contributed by atoms with E-state index in [0.29, 0.717) is 16.9 Å². The van der Waals surface area contributed by atoms with Crippen LogP contribution in [0.2, 0.25) is 0 Å². The molecule has 1 aliphatic carbocycles. The number of ether oxygens (including phenoxy) is 2. The van der Waals surface area contributed by atoms with Gasteiger partial charge < -0.3 is 19.2 Å². The topological polar surface area (TPSA) is 77.8 Å². The number of furan rings is 1. The van der Waals surface area contributed by atoms with E-state index in [0.717, 1.165) is 31.1 Å². The van der Waals surface area contributed by atoms with Crippen LogP contribution < -0.4 is 10.1 Å². The summed E-state index contributed by atoms with van der Waals surface area (Å²) in [5.74, 6) is -0.0817. The van der Waals surface area contributed by atoms with Crippen LogP contribution in [0.15, 0.2) is 22.6 Å². The van der Waals surface area contributed by atoms with Gasteiger partial charge in [-0.1, -0.05) is 32.1 Å². The highest BCUT2D eigenvalue weighted by molar-refractivity contribution is 5.97. The van der Waals surface area contributed by atoms with Crippen LogP contribution in [0.5, 0.6) is 5.75 Å². The van der Waals surface area contributed by atoms with E-state index >= 15 is 0 Å². The summed E-state index contributed by atoms with van der Waals surface area (Å²) in [6, 6.07) is 5.51. The monoisotopic (exact) mass is 373 g/mol.